The van der Waals surface area contributed by atoms with E-state index in [0.717, 1.165) is 16.2 Å². The van der Waals surface area contributed by atoms with Crippen molar-refractivity contribution in [1.82, 2.24) is 4.90 Å². The number of hydrogen-bond acceptors (Lipinski definition) is 3. The molecule has 2 N–H and O–H groups in total. The van der Waals surface area contributed by atoms with Crippen LogP contribution in [0.2, 0.25) is 0 Å². The van der Waals surface area contributed by atoms with Gasteiger partial charge >= 0.3 is 0 Å². The highest BCUT2D eigenvalue weighted by atomic mass is 32.2. The van der Waals surface area contributed by atoms with Crippen molar-refractivity contribution in [2.75, 3.05) is 13.1 Å². The van der Waals surface area contributed by atoms with Gasteiger partial charge in [-0.05, 0) is 30.5 Å². The van der Waals surface area contributed by atoms with Gasteiger partial charge in [0.25, 0.3) is 5.91 Å². The Kier molecular flexibility index (Phi) is 5.76. The molecule has 130 valence electrons. The molecule has 0 spiro atoms. The molecule has 0 atom stereocenters. The Balaban J connectivity index is 1.68. The summed E-state index contributed by atoms with van der Waals surface area (Å²) in [6.07, 6.45) is 1.31. The van der Waals surface area contributed by atoms with Crippen molar-refractivity contribution in [2.24, 2.45) is 11.7 Å². The molecule has 0 bridgehead atoms. The monoisotopic (exact) mass is 354 g/mol. The van der Waals surface area contributed by atoms with Gasteiger partial charge in [-0.2, -0.15) is 0 Å². The van der Waals surface area contributed by atoms with Crippen molar-refractivity contribution in [1.29, 1.82) is 0 Å². The topological polar surface area (TPSA) is 63.4 Å². The van der Waals surface area contributed by atoms with Crippen LogP contribution in [0.1, 0.15) is 28.8 Å². The van der Waals surface area contributed by atoms with Crippen LogP contribution in [-0.2, 0) is 10.5 Å². The molecule has 0 aliphatic carbocycles. The zero-order valence-electron chi connectivity index (χ0n) is 14.1. The standard InChI is InChI=1S/C20H22N2O2S/c21-19(23)16-10-12-22(13-11-16)20(24)17-8-4-5-9-18(17)25-14-15-6-2-1-3-7-15/h1-9,16H,10-14H2,(H2,21,23). The number of thioether (sulfide) groups is 1. The summed E-state index contributed by atoms with van der Waals surface area (Å²) in [5.74, 6) is 0.506. The van der Waals surface area contributed by atoms with Gasteiger partial charge < -0.3 is 10.6 Å². The smallest absolute Gasteiger partial charge is 0.254 e. The molecule has 1 aliphatic heterocycles. The number of amides is 2. The number of benzene rings is 2. The van der Waals surface area contributed by atoms with Crippen molar-refractivity contribution in [3.05, 3.63) is 65.7 Å². The fourth-order valence-electron chi connectivity index (χ4n) is 3.04. The predicted octanol–water partition coefficient (Wildman–Crippen LogP) is 3.32. The lowest BCUT2D eigenvalue weighted by Crippen LogP contribution is -2.41. The quantitative estimate of drug-likeness (QED) is 0.838. The van der Waals surface area contributed by atoms with Crippen molar-refractivity contribution < 1.29 is 9.59 Å². The summed E-state index contributed by atoms with van der Waals surface area (Å²) in [5, 5.41) is 0. The van der Waals surface area contributed by atoms with Crippen LogP contribution in [0.5, 0.6) is 0 Å². The summed E-state index contributed by atoms with van der Waals surface area (Å²) in [6, 6.07) is 18.0. The Labute approximate surface area is 152 Å². The Morgan fingerprint density at radius 3 is 2.32 bits per heavy atom. The van der Waals surface area contributed by atoms with Crippen LogP contribution < -0.4 is 5.73 Å². The minimum atomic E-state index is -0.258. The highest BCUT2D eigenvalue weighted by molar-refractivity contribution is 7.98. The number of nitrogens with two attached hydrogens (primary N) is 1. The molecule has 2 amide bonds. The molecule has 3 rings (SSSR count). The van der Waals surface area contributed by atoms with Gasteiger partial charge in [-0.25, -0.2) is 0 Å². The van der Waals surface area contributed by atoms with E-state index in [9.17, 15) is 9.59 Å². The van der Waals surface area contributed by atoms with Crippen molar-refractivity contribution in [3.63, 3.8) is 0 Å². The first kappa shape index (κ1) is 17.5. The second kappa shape index (κ2) is 8.21. The molecule has 0 radical (unpaired) electrons. The minimum absolute atomic E-state index is 0.0408. The number of carbonyl (C=O) groups is 2. The maximum atomic E-state index is 12.9. The van der Waals surface area contributed by atoms with Gasteiger partial charge in [-0.3, -0.25) is 9.59 Å². The Morgan fingerprint density at radius 1 is 1.00 bits per heavy atom. The van der Waals surface area contributed by atoms with Gasteiger partial charge in [0.2, 0.25) is 5.91 Å². The van der Waals surface area contributed by atoms with Crippen LogP contribution in [0.15, 0.2) is 59.5 Å². The number of piperidine rings is 1. The molecule has 1 heterocycles. The number of rotatable bonds is 5. The fraction of sp³-hybridized carbons (Fsp3) is 0.300. The molecule has 4 nitrogen and oxygen atoms in total. The molecular formula is C20H22N2O2S. The zero-order valence-corrected chi connectivity index (χ0v) is 14.9. The second-order valence-corrected chi connectivity index (χ2v) is 7.26. The van der Waals surface area contributed by atoms with E-state index in [0.29, 0.717) is 25.9 Å². The van der Waals surface area contributed by atoms with Crippen LogP contribution >= 0.6 is 11.8 Å². The van der Waals surface area contributed by atoms with Crippen LogP contribution in [0.25, 0.3) is 0 Å². The molecule has 1 aliphatic rings. The number of carbonyl (C=O) groups excluding carboxylic acids is 2. The van der Waals surface area contributed by atoms with Crippen LogP contribution in [0, 0.1) is 5.92 Å². The first-order chi connectivity index (χ1) is 12.1. The lowest BCUT2D eigenvalue weighted by atomic mass is 9.96. The van der Waals surface area contributed by atoms with Crippen LogP contribution in [-0.4, -0.2) is 29.8 Å². The summed E-state index contributed by atoms with van der Waals surface area (Å²) in [7, 11) is 0. The van der Waals surface area contributed by atoms with Gasteiger partial charge in [0, 0.05) is 29.7 Å². The lowest BCUT2D eigenvalue weighted by molar-refractivity contribution is -0.123. The van der Waals surface area contributed by atoms with Gasteiger partial charge in [-0.1, -0.05) is 42.5 Å². The minimum Gasteiger partial charge on any atom is -0.369 e. The predicted molar refractivity (Wildman–Crippen MR) is 100 cm³/mol. The average molecular weight is 354 g/mol. The Hall–Kier alpha value is -2.27. The molecule has 2 aromatic carbocycles. The second-order valence-electron chi connectivity index (χ2n) is 6.24. The molecule has 1 saturated heterocycles. The number of likely N-dealkylation sites (tertiary alicyclic amines) is 1. The molecule has 0 unspecified atom stereocenters. The van der Waals surface area contributed by atoms with E-state index < -0.39 is 0 Å². The Morgan fingerprint density at radius 2 is 1.64 bits per heavy atom. The first-order valence-corrected chi connectivity index (χ1v) is 9.48. The van der Waals surface area contributed by atoms with Gasteiger partial charge in [0.05, 0.1) is 5.56 Å². The molecule has 2 aromatic rings. The van der Waals surface area contributed by atoms with Crippen molar-refractivity contribution in [2.45, 2.75) is 23.5 Å². The summed E-state index contributed by atoms with van der Waals surface area (Å²) in [6.45, 7) is 1.17. The lowest BCUT2D eigenvalue weighted by Gasteiger charge is -2.31. The maximum Gasteiger partial charge on any atom is 0.254 e. The van der Waals surface area contributed by atoms with Gasteiger partial charge in [-0.15, -0.1) is 11.8 Å². The normalized spacial score (nSPS) is 15.1. The van der Waals surface area contributed by atoms with Crippen molar-refractivity contribution >= 4 is 23.6 Å². The first-order valence-electron chi connectivity index (χ1n) is 8.49. The zero-order chi connectivity index (χ0) is 17.6. The van der Waals surface area contributed by atoms with Crippen LogP contribution in [0.4, 0.5) is 0 Å². The molecular weight excluding hydrogens is 332 g/mol. The molecule has 25 heavy (non-hydrogen) atoms. The SMILES string of the molecule is NC(=O)C1CCN(C(=O)c2ccccc2SCc2ccccc2)CC1. The number of hydrogen-bond donors (Lipinski definition) is 1. The van der Waals surface area contributed by atoms with Gasteiger partial charge in [0.1, 0.15) is 0 Å². The molecule has 1 fully saturated rings. The molecule has 0 saturated carbocycles. The summed E-state index contributed by atoms with van der Waals surface area (Å²) in [4.78, 5) is 27.0. The molecule has 5 heteroatoms. The van der Waals surface area contributed by atoms with Gasteiger partial charge in [0.15, 0.2) is 0 Å². The van der Waals surface area contributed by atoms with E-state index in [2.05, 4.69) is 12.1 Å². The number of nitrogens with zero attached hydrogens (tertiary/aromatic N) is 1. The summed E-state index contributed by atoms with van der Waals surface area (Å²) < 4.78 is 0. The van der Waals surface area contributed by atoms with Crippen LogP contribution in [0.3, 0.4) is 0 Å². The fourth-order valence-corrected chi connectivity index (χ4v) is 4.04. The van der Waals surface area contributed by atoms with E-state index in [4.69, 9.17) is 5.73 Å². The third kappa shape index (κ3) is 4.42. The number of primary amides is 1. The molecule has 0 aromatic heterocycles. The Bertz CT molecular complexity index is 740. The van der Waals surface area contributed by atoms with Crippen molar-refractivity contribution in [3.8, 4) is 0 Å². The highest BCUT2D eigenvalue weighted by Gasteiger charge is 2.27. The third-order valence-electron chi connectivity index (χ3n) is 4.54. The van der Waals surface area contributed by atoms with E-state index in [1.165, 1.54) is 5.56 Å². The largest absolute Gasteiger partial charge is 0.369 e. The van der Waals surface area contributed by atoms with E-state index in [1.54, 1.807) is 11.8 Å². The summed E-state index contributed by atoms with van der Waals surface area (Å²) in [5.41, 5.74) is 7.34. The van der Waals surface area contributed by atoms with E-state index in [-0.39, 0.29) is 17.7 Å². The maximum absolute atomic E-state index is 12.9. The highest BCUT2D eigenvalue weighted by Crippen LogP contribution is 2.28. The van der Waals surface area contributed by atoms with E-state index >= 15 is 0 Å². The van der Waals surface area contributed by atoms with E-state index in [1.807, 2.05) is 47.4 Å². The third-order valence-corrected chi connectivity index (χ3v) is 5.68. The summed E-state index contributed by atoms with van der Waals surface area (Å²) >= 11 is 1.68. The average Bonchev–Trinajstić information content (AvgIpc) is 2.67.